The van der Waals surface area contributed by atoms with Crippen LogP contribution in [0.15, 0.2) is 27.6 Å². The van der Waals surface area contributed by atoms with Crippen LogP contribution in [0.1, 0.15) is 32.5 Å². The lowest BCUT2D eigenvalue weighted by Crippen LogP contribution is -1.96. The number of nitrogens with two attached hydrogens (primary N) is 1. The van der Waals surface area contributed by atoms with Crippen molar-refractivity contribution in [3.8, 4) is 5.75 Å². The summed E-state index contributed by atoms with van der Waals surface area (Å²) in [5, 5.41) is 3.98. The number of aromatic nitrogens is 2. The number of benzene rings is 1. The molecule has 0 spiro atoms. The zero-order chi connectivity index (χ0) is 15.2. The van der Waals surface area contributed by atoms with Crippen LogP contribution < -0.4 is 10.5 Å². The lowest BCUT2D eigenvalue weighted by Gasteiger charge is -2.07. The minimum absolute atomic E-state index is 0.515. The van der Waals surface area contributed by atoms with Gasteiger partial charge in [-0.05, 0) is 31.0 Å². The largest absolute Gasteiger partial charge is 0.494 e. The van der Waals surface area contributed by atoms with E-state index in [9.17, 15) is 0 Å². The van der Waals surface area contributed by atoms with Gasteiger partial charge < -0.3 is 15.0 Å². The molecule has 0 aliphatic heterocycles. The van der Waals surface area contributed by atoms with E-state index in [1.807, 2.05) is 25.1 Å². The van der Waals surface area contributed by atoms with Gasteiger partial charge in [0.15, 0.2) is 5.82 Å². The Labute approximate surface area is 129 Å². The van der Waals surface area contributed by atoms with E-state index in [1.54, 1.807) is 11.8 Å². The third kappa shape index (κ3) is 4.67. The molecule has 2 N–H and O–H groups in total. The third-order valence-electron chi connectivity index (χ3n) is 2.75. The van der Waals surface area contributed by atoms with Crippen LogP contribution in [-0.4, -0.2) is 16.7 Å². The molecule has 114 valence electrons. The molecule has 0 bridgehead atoms. The van der Waals surface area contributed by atoms with Gasteiger partial charge in [0.1, 0.15) is 5.75 Å². The minimum Gasteiger partial charge on any atom is -0.494 e. The number of hydrogen-bond donors (Lipinski definition) is 1. The Kier molecular flexibility index (Phi) is 5.50. The van der Waals surface area contributed by atoms with Gasteiger partial charge in [0, 0.05) is 17.0 Å². The first-order chi connectivity index (χ1) is 10.1. The molecule has 2 aromatic rings. The molecule has 21 heavy (non-hydrogen) atoms. The van der Waals surface area contributed by atoms with Gasteiger partial charge in [-0.25, -0.2) is 0 Å². The van der Waals surface area contributed by atoms with Crippen molar-refractivity contribution in [3.05, 3.63) is 29.9 Å². The van der Waals surface area contributed by atoms with E-state index in [0.717, 1.165) is 28.6 Å². The molecule has 0 amide bonds. The van der Waals surface area contributed by atoms with Crippen LogP contribution in [0.3, 0.4) is 0 Å². The van der Waals surface area contributed by atoms with Crippen molar-refractivity contribution in [1.82, 2.24) is 10.1 Å². The van der Waals surface area contributed by atoms with Crippen molar-refractivity contribution in [2.24, 2.45) is 5.92 Å². The smallest absolute Gasteiger partial charge is 0.237 e. The average molecular weight is 307 g/mol. The van der Waals surface area contributed by atoms with Gasteiger partial charge in [0.05, 0.1) is 12.4 Å². The van der Waals surface area contributed by atoms with Crippen LogP contribution in [0.25, 0.3) is 0 Å². The molecule has 6 heteroatoms. The van der Waals surface area contributed by atoms with Gasteiger partial charge in [0.2, 0.25) is 5.89 Å². The number of thioether (sulfide) groups is 1. The predicted octanol–water partition coefficient (Wildman–Crippen LogP) is 3.54. The van der Waals surface area contributed by atoms with Gasteiger partial charge in [0.25, 0.3) is 0 Å². The van der Waals surface area contributed by atoms with E-state index in [0.29, 0.717) is 24.2 Å². The van der Waals surface area contributed by atoms with Crippen LogP contribution in [0.2, 0.25) is 0 Å². The first-order valence-corrected chi connectivity index (χ1v) is 8.03. The summed E-state index contributed by atoms with van der Waals surface area (Å²) in [6.07, 6.45) is 0.829. The zero-order valence-corrected chi connectivity index (χ0v) is 13.4. The second-order valence-electron chi connectivity index (χ2n) is 5.12. The Bertz CT molecular complexity index is 584. The summed E-state index contributed by atoms with van der Waals surface area (Å²) in [7, 11) is 0. The molecular formula is C15H21N3O2S. The molecule has 0 atom stereocenters. The summed E-state index contributed by atoms with van der Waals surface area (Å²) in [6, 6.07) is 5.66. The number of nitrogen functional groups attached to an aromatic ring is 1. The highest BCUT2D eigenvalue weighted by molar-refractivity contribution is 7.98. The van der Waals surface area contributed by atoms with E-state index in [-0.39, 0.29) is 0 Å². The first kappa shape index (κ1) is 15.7. The van der Waals surface area contributed by atoms with Gasteiger partial charge in [-0.15, -0.1) is 11.8 Å². The number of nitrogens with zero attached hydrogens (tertiary/aromatic N) is 2. The molecular weight excluding hydrogens is 286 g/mol. The van der Waals surface area contributed by atoms with Gasteiger partial charge in [-0.1, -0.05) is 19.0 Å². The fraction of sp³-hybridized carbons (Fsp3) is 0.467. The molecule has 5 nitrogen and oxygen atoms in total. The molecule has 0 aliphatic carbocycles. The SMILES string of the molecule is CCOc1ccc(N)c(SCc2nc(CC(C)C)no2)c1. The lowest BCUT2D eigenvalue weighted by molar-refractivity contribution is 0.339. The molecule has 1 heterocycles. The highest BCUT2D eigenvalue weighted by atomic mass is 32.2. The van der Waals surface area contributed by atoms with Crippen molar-refractivity contribution >= 4 is 17.4 Å². The van der Waals surface area contributed by atoms with Crippen LogP contribution in [0.5, 0.6) is 5.75 Å². The maximum atomic E-state index is 5.98. The Morgan fingerprint density at radius 1 is 1.38 bits per heavy atom. The van der Waals surface area contributed by atoms with Crippen molar-refractivity contribution in [2.45, 2.75) is 37.8 Å². The van der Waals surface area contributed by atoms with E-state index < -0.39 is 0 Å². The Balaban J connectivity index is 1.99. The van der Waals surface area contributed by atoms with Crippen LogP contribution in [-0.2, 0) is 12.2 Å². The summed E-state index contributed by atoms with van der Waals surface area (Å²) in [5.41, 5.74) is 6.71. The molecule has 0 aliphatic rings. The van der Waals surface area contributed by atoms with Gasteiger partial charge in [-0.2, -0.15) is 4.98 Å². The van der Waals surface area contributed by atoms with E-state index >= 15 is 0 Å². The second-order valence-corrected chi connectivity index (χ2v) is 6.14. The molecule has 0 saturated heterocycles. The standard InChI is InChI=1S/C15H21N3O2S/c1-4-19-11-5-6-12(16)13(8-11)21-9-15-17-14(18-20-15)7-10(2)3/h5-6,8,10H,4,7,9,16H2,1-3H3. The number of ether oxygens (including phenoxy) is 1. The maximum Gasteiger partial charge on any atom is 0.237 e. The molecule has 0 unspecified atom stereocenters. The van der Waals surface area contributed by atoms with Crippen molar-refractivity contribution in [2.75, 3.05) is 12.3 Å². The second kappa shape index (κ2) is 7.36. The monoisotopic (exact) mass is 307 g/mol. The summed E-state index contributed by atoms with van der Waals surface area (Å²) in [5.74, 6) is 3.32. The normalized spacial score (nSPS) is 11.0. The quantitative estimate of drug-likeness (QED) is 0.623. The third-order valence-corrected chi connectivity index (χ3v) is 3.80. The molecule has 1 aromatic heterocycles. The Hall–Kier alpha value is -1.69. The van der Waals surface area contributed by atoms with Crippen LogP contribution >= 0.6 is 11.8 Å². The zero-order valence-electron chi connectivity index (χ0n) is 12.6. The fourth-order valence-corrected chi connectivity index (χ4v) is 2.66. The molecule has 0 radical (unpaired) electrons. The number of hydrogen-bond acceptors (Lipinski definition) is 6. The summed E-state index contributed by atoms with van der Waals surface area (Å²) in [6.45, 7) is 6.85. The topological polar surface area (TPSA) is 74.2 Å². The first-order valence-electron chi connectivity index (χ1n) is 7.05. The minimum atomic E-state index is 0.515. The average Bonchev–Trinajstić information content (AvgIpc) is 2.86. The molecule has 1 aromatic carbocycles. The van der Waals surface area contributed by atoms with E-state index in [2.05, 4.69) is 24.0 Å². The summed E-state index contributed by atoms with van der Waals surface area (Å²) in [4.78, 5) is 5.35. The summed E-state index contributed by atoms with van der Waals surface area (Å²) >= 11 is 1.57. The number of rotatable bonds is 7. The van der Waals surface area contributed by atoms with Crippen molar-refractivity contribution in [3.63, 3.8) is 0 Å². The van der Waals surface area contributed by atoms with E-state index in [4.69, 9.17) is 15.0 Å². The molecule has 0 saturated carbocycles. The van der Waals surface area contributed by atoms with Crippen molar-refractivity contribution in [1.29, 1.82) is 0 Å². The van der Waals surface area contributed by atoms with Crippen LogP contribution in [0, 0.1) is 5.92 Å². The fourth-order valence-electron chi connectivity index (χ4n) is 1.83. The van der Waals surface area contributed by atoms with Gasteiger partial charge >= 0.3 is 0 Å². The van der Waals surface area contributed by atoms with Crippen LogP contribution in [0.4, 0.5) is 5.69 Å². The molecule has 2 rings (SSSR count). The van der Waals surface area contributed by atoms with Gasteiger partial charge in [-0.3, -0.25) is 0 Å². The van der Waals surface area contributed by atoms with Crippen molar-refractivity contribution < 1.29 is 9.26 Å². The van der Waals surface area contributed by atoms with E-state index in [1.165, 1.54) is 0 Å². The number of anilines is 1. The Morgan fingerprint density at radius 2 is 2.19 bits per heavy atom. The highest BCUT2D eigenvalue weighted by Crippen LogP contribution is 2.31. The lowest BCUT2D eigenvalue weighted by atomic mass is 10.1. The Morgan fingerprint density at radius 3 is 2.90 bits per heavy atom. The highest BCUT2D eigenvalue weighted by Gasteiger charge is 2.10. The maximum absolute atomic E-state index is 5.98. The molecule has 0 fully saturated rings. The summed E-state index contributed by atoms with van der Waals surface area (Å²) < 4.78 is 10.7. The predicted molar refractivity (Wildman–Crippen MR) is 84.4 cm³/mol.